The molecule has 5 aromatic rings. The van der Waals surface area contributed by atoms with Crippen LogP contribution in [0.5, 0.6) is 17.2 Å². The molecule has 0 fully saturated rings. The lowest BCUT2D eigenvalue weighted by Gasteiger charge is -2.17. The number of nitrogen functional groups attached to an aromatic ring is 1. The molecule has 3 aromatic carbocycles. The summed E-state index contributed by atoms with van der Waals surface area (Å²) in [6, 6.07) is 21.7. The van der Waals surface area contributed by atoms with Gasteiger partial charge in [-0.3, -0.25) is 4.79 Å². The highest BCUT2D eigenvalue weighted by Crippen LogP contribution is 2.44. The van der Waals surface area contributed by atoms with Gasteiger partial charge in [0.25, 0.3) is 0 Å². The molecule has 11 heteroatoms. The van der Waals surface area contributed by atoms with Crippen molar-refractivity contribution in [2.24, 2.45) is 0 Å². The fourth-order valence-corrected chi connectivity index (χ4v) is 6.29. The fourth-order valence-electron chi connectivity index (χ4n) is 5.35. The van der Waals surface area contributed by atoms with Crippen LogP contribution in [0.25, 0.3) is 32.9 Å². The molecular formula is C33H30N6O4S. The Morgan fingerprint density at radius 3 is 2.27 bits per heavy atom. The first-order valence-electron chi connectivity index (χ1n) is 13.8. The van der Waals surface area contributed by atoms with Gasteiger partial charge in [0.2, 0.25) is 11.7 Å². The fraction of sp³-hybridized carbons (Fsp3) is 0.212. The number of benzene rings is 3. The number of nitriles is 2. The Morgan fingerprint density at radius 1 is 0.955 bits per heavy atom. The molecule has 0 bridgehead atoms. The van der Waals surface area contributed by atoms with Crippen LogP contribution in [-0.2, 0) is 11.3 Å². The summed E-state index contributed by atoms with van der Waals surface area (Å²) in [6.07, 6.45) is 0.158. The third-order valence-corrected chi connectivity index (χ3v) is 8.29. The zero-order chi connectivity index (χ0) is 31.4. The smallest absolute Gasteiger partial charge is 0.225 e. The summed E-state index contributed by atoms with van der Waals surface area (Å²) in [5.41, 5.74) is 10.1. The number of amides is 1. The first-order valence-corrected chi connectivity index (χ1v) is 14.7. The van der Waals surface area contributed by atoms with Gasteiger partial charge in [0.1, 0.15) is 28.5 Å². The summed E-state index contributed by atoms with van der Waals surface area (Å²) in [5, 5.41) is 25.6. The minimum Gasteiger partial charge on any atom is -0.493 e. The van der Waals surface area contributed by atoms with Crippen LogP contribution < -0.4 is 25.3 Å². The number of nitrogens with two attached hydrogens (primary N) is 1. The number of hydrogen-bond acceptors (Lipinski definition) is 9. The standard InChI is InChI=1S/C33H30N6O4S/c1-5-39-25-9-7-6-8-21(25)22-16-20(10-11-26(22)39)37-29(40)12-13-44-33-24(18-35)30(23(17-34)32(36)38-33)19-14-27(41-2)31(43-4)28(15-19)42-3/h6-11,14-16H,5,12-13H2,1-4H3,(H2,36,38)(H,37,40). The van der Waals surface area contributed by atoms with E-state index < -0.39 is 0 Å². The van der Waals surface area contributed by atoms with Crippen molar-refractivity contribution in [3.05, 3.63) is 65.7 Å². The van der Waals surface area contributed by atoms with Crippen LogP contribution in [0.1, 0.15) is 24.5 Å². The van der Waals surface area contributed by atoms with Crippen LogP contribution in [-0.4, -0.2) is 42.5 Å². The van der Waals surface area contributed by atoms with E-state index in [2.05, 4.69) is 46.1 Å². The molecule has 222 valence electrons. The number of aryl methyl sites for hydroxylation is 1. The van der Waals surface area contributed by atoms with E-state index in [1.165, 1.54) is 33.1 Å². The highest BCUT2D eigenvalue weighted by Gasteiger charge is 2.24. The Hall–Kier alpha value is -5.39. The van der Waals surface area contributed by atoms with Gasteiger partial charge in [0.05, 0.1) is 26.9 Å². The van der Waals surface area contributed by atoms with Crippen molar-refractivity contribution in [3.63, 3.8) is 0 Å². The zero-order valence-corrected chi connectivity index (χ0v) is 25.5. The highest BCUT2D eigenvalue weighted by molar-refractivity contribution is 7.99. The number of nitrogens with one attached hydrogen (secondary N) is 1. The molecule has 5 rings (SSSR count). The van der Waals surface area contributed by atoms with Crippen molar-refractivity contribution in [3.8, 4) is 40.5 Å². The summed E-state index contributed by atoms with van der Waals surface area (Å²) in [5.74, 6) is 1.20. The molecule has 0 unspecified atom stereocenters. The van der Waals surface area contributed by atoms with Gasteiger partial charge < -0.3 is 29.8 Å². The Balaban J connectivity index is 1.39. The quantitative estimate of drug-likeness (QED) is 0.174. The molecule has 0 aliphatic heterocycles. The summed E-state index contributed by atoms with van der Waals surface area (Å²) in [7, 11) is 4.44. The SMILES string of the molecule is CCn1c2ccccc2c2cc(NC(=O)CCSc3nc(N)c(C#N)c(-c4cc(OC)c(OC)c(OC)c4)c3C#N)ccc21. The lowest BCUT2D eigenvalue weighted by atomic mass is 9.96. The van der Waals surface area contributed by atoms with Crippen molar-refractivity contribution < 1.29 is 19.0 Å². The van der Waals surface area contributed by atoms with E-state index in [1.807, 2.05) is 30.3 Å². The van der Waals surface area contributed by atoms with Crippen molar-refractivity contribution in [1.29, 1.82) is 10.5 Å². The largest absolute Gasteiger partial charge is 0.493 e. The lowest BCUT2D eigenvalue weighted by Crippen LogP contribution is -2.12. The molecule has 0 saturated heterocycles. The number of hydrogen-bond donors (Lipinski definition) is 2. The van der Waals surface area contributed by atoms with Crippen LogP contribution in [0, 0.1) is 22.7 Å². The topological polar surface area (TPSA) is 148 Å². The molecule has 0 radical (unpaired) electrons. The average molecular weight is 607 g/mol. The number of para-hydroxylation sites is 1. The summed E-state index contributed by atoms with van der Waals surface area (Å²) in [6.45, 7) is 2.95. The zero-order valence-electron chi connectivity index (χ0n) is 24.7. The molecule has 0 atom stereocenters. The maximum atomic E-state index is 13.0. The van der Waals surface area contributed by atoms with Crippen LogP contribution >= 0.6 is 11.8 Å². The number of pyridine rings is 1. The molecule has 10 nitrogen and oxygen atoms in total. The predicted octanol–water partition coefficient (Wildman–Crippen LogP) is 6.35. The number of carbonyl (C=O) groups is 1. The third kappa shape index (κ3) is 5.41. The Bertz CT molecular complexity index is 1960. The first-order chi connectivity index (χ1) is 21.4. The van der Waals surface area contributed by atoms with E-state index in [0.717, 1.165) is 28.4 Å². The average Bonchev–Trinajstić information content (AvgIpc) is 3.36. The molecule has 2 aromatic heterocycles. The molecular weight excluding hydrogens is 576 g/mol. The first kappa shape index (κ1) is 30.1. The number of ether oxygens (including phenoxy) is 3. The second-order valence-electron chi connectivity index (χ2n) is 9.70. The number of nitrogens with zero attached hydrogens (tertiary/aromatic N) is 4. The van der Waals surface area contributed by atoms with Crippen molar-refractivity contribution in [1.82, 2.24) is 9.55 Å². The maximum Gasteiger partial charge on any atom is 0.225 e. The van der Waals surface area contributed by atoms with E-state index >= 15 is 0 Å². The van der Waals surface area contributed by atoms with E-state index in [0.29, 0.717) is 44.8 Å². The predicted molar refractivity (Wildman–Crippen MR) is 172 cm³/mol. The van der Waals surface area contributed by atoms with E-state index in [4.69, 9.17) is 19.9 Å². The second kappa shape index (κ2) is 12.9. The van der Waals surface area contributed by atoms with Crippen molar-refractivity contribution in [2.75, 3.05) is 38.1 Å². The van der Waals surface area contributed by atoms with Crippen LogP contribution in [0.2, 0.25) is 0 Å². The molecule has 0 saturated carbocycles. The monoisotopic (exact) mass is 606 g/mol. The van der Waals surface area contributed by atoms with E-state index in [-0.39, 0.29) is 29.3 Å². The number of anilines is 2. The third-order valence-electron chi connectivity index (χ3n) is 7.31. The molecule has 3 N–H and O–H groups in total. The summed E-state index contributed by atoms with van der Waals surface area (Å²) in [4.78, 5) is 17.3. The van der Waals surface area contributed by atoms with Gasteiger partial charge in [-0.1, -0.05) is 18.2 Å². The maximum absolute atomic E-state index is 13.0. The van der Waals surface area contributed by atoms with Gasteiger partial charge in [0.15, 0.2) is 11.5 Å². The van der Waals surface area contributed by atoms with Gasteiger partial charge in [-0.2, -0.15) is 10.5 Å². The Labute approximate surface area is 258 Å². The normalized spacial score (nSPS) is 10.8. The van der Waals surface area contributed by atoms with Gasteiger partial charge in [-0.15, -0.1) is 11.8 Å². The summed E-state index contributed by atoms with van der Waals surface area (Å²) < 4.78 is 18.6. The van der Waals surface area contributed by atoms with Crippen LogP contribution in [0.15, 0.2) is 59.6 Å². The van der Waals surface area contributed by atoms with Gasteiger partial charge in [-0.25, -0.2) is 4.98 Å². The van der Waals surface area contributed by atoms with Crippen molar-refractivity contribution >= 4 is 51.0 Å². The van der Waals surface area contributed by atoms with Gasteiger partial charge in [-0.05, 0) is 48.9 Å². The van der Waals surface area contributed by atoms with Crippen LogP contribution in [0.4, 0.5) is 11.5 Å². The summed E-state index contributed by atoms with van der Waals surface area (Å²) >= 11 is 1.22. The second-order valence-corrected chi connectivity index (χ2v) is 10.8. The molecule has 1 amide bonds. The molecule has 44 heavy (non-hydrogen) atoms. The van der Waals surface area contributed by atoms with Gasteiger partial charge in [0, 0.05) is 51.8 Å². The van der Waals surface area contributed by atoms with Crippen LogP contribution in [0.3, 0.4) is 0 Å². The minimum absolute atomic E-state index is 0.0262. The number of rotatable bonds is 10. The molecule has 0 spiro atoms. The molecule has 0 aliphatic carbocycles. The number of aromatic nitrogens is 2. The Morgan fingerprint density at radius 2 is 1.64 bits per heavy atom. The van der Waals surface area contributed by atoms with E-state index in [9.17, 15) is 15.3 Å². The number of thioether (sulfide) groups is 1. The molecule has 2 heterocycles. The lowest BCUT2D eigenvalue weighted by molar-refractivity contribution is -0.115. The Kier molecular flexibility index (Phi) is 8.79. The highest BCUT2D eigenvalue weighted by atomic mass is 32.2. The number of fused-ring (bicyclic) bond motifs is 3. The molecule has 0 aliphatic rings. The van der Waals surface area contributed by atoms with E-state index in [1.54, 1.807) is 12.1 Å². The number of carbonyl (C=O) groups excluding carboxylic acids is 1. The minimum atomic E-state index is -0.180. The van der Waals surface area contributed by atoms with Crippen molar-refractivity contribution in [2.45, 2.75) is 24.9 Å². The number of methoxy groups -OCH3 is 3. The van der Waals surface area contributed by atoms with Gasteiger partial charge >= 0.3 is 0 Å².